The molecule has 15 heavy (non-hydrogen) atoms. The van der Waals surface area contributed by atoms with Crippen LogP contribution in [0.15, 0.2) is 35.3 Å². The molecule has 0 heterocycles. The van der Waals surface area contributed by atoms with Crippen molar-refractivity contribution in [1.82, 2.24) is 0 Å². The van der Waals surface area contributed by atoms with Crippen molar-refractivity contribution in [3.05, 3.63) is 46.7 Å². The lowest BCUT2D eigenvalue weighted by Crippen LogP contribution is -2.18. The van der Waals surface area contributed by atoms with Gasteiger partial charge in [-0.15, -0.1) is 18.2 Å². The van der Waals surface area contributed by atoms with Crippen LogP contribution in [-0.2, 0) is 6.42 Å². The van der Waals surface area contributed by atoms with Gasteiger partial charge in [0.25, 0.3) is 0 Å². The number of allylic oxidation sites excluding steroid dienone is 1. The molecule has 0 radical (unpaired) electrons. The molecule has 1 unspecified atom stereocenters. The van der Waals surface area contributed by atoms with Crippen molar-refractivity contribution in [3.63, 3.8) is 0 Å². The van der Waals surface area contributed by atoms with Gasteiger partial charge in [-0.2, -0.15) is 0 Å². The molecule has 0 nitrogen and oxygen atoms in total. The molecule has 0 saturated carbocycles. The van der Waals surface area contributed by atoms with E-state index in [1.165, 1.54) is 6.07 Å². The molecular formula is C12H13BrClF. The van der Waals surface area contributed by atoms with Crippen LogP contribution in [0.4, 0.5) is 4.39 Å². The Morgan fingerprint density at radius 2 is 2.27 bits per heavy atom. The predicted molar refractivity (Wildman–Crippen MR) is 66.8 cm³/mol. The molecule has 3 heteroatoms. The summed E-state index contributed by atoms with van der Waals surface area (Å²) >= 11 is 9.11. The normalized spacial score (nSPS) is 14.7. The molecule has 0 N–H and O–H groups in total. The van der Waals surface area contributed by atoms with Crippen molar-refractivity contribution >= 4 is 27.5 Å². The first-order valence-electron chi connectivity index (χ1n) is 4.65. The van der Waals surface area contributed by atoms with Gasteiger partial charge in [0.2, 0.25) is 0 Å². The minimum absolute atomic E-state index is 0.197. The van der Waals surface area contributed by atoms with Gasteiger partial charge >= 0.3 is 0 Å². The van der Waals surface area contributed by atoms with E-state index in [1.54, 1.807) is 6.07 Å². The van der Waals surface area contributed by atoms with Crippen molar-refractivity contribution in [1.29, 1.82) is 0 Å². The molecule has 0 saturated heterocycles. The smallest absolute Gasteiger partial charge is 0.137 e. The van der Waals surface area contributed by atoms with Gasteiger partial charge in [-0.05, 0) is 34.0 Å². The summed E-state index contributed by atoms with van der Waals surface area (Å²) in [6, 6.07) is 5.02. The Morgan fingerprint density at radius 3 is 2.80 bits per heavy atom. The summed E-state index contributed by atoms with van der Waals surface area (Å²) in [6.07, 6.45) is 2.50. The highest BCUT2D eigenvalue weighted by atomic mass is 79.9. The van der Waals surface area contributed by atoms with Crippen LogP contribution in [0.25, 0.3) is 0 Å². The highest BCUT2D eigenvalue weighted by molar-refractivity contribution is 9.10. The van der Waals surface area contributed by atoms with E-state index in [2.05, 4.69) is 22.5 Å². The standard InChI is InChI=1S/C12H13BrClF/c1-3-12(2,8-14)7-9-5-4-6-10(15)11(9)13/h3-6H,1,7-8H2,2H3. The van der Waals surface area contributed by atoms with Crippen LogP contribution in [0.3, 0.4) is 0 Å². The van der Waals surface area contributed by atoms with Crippen LogP contribution in [0.1, 0.15) is 12.5 Å². The Morgan fingerprint density at radius 1 is 1.60 bits per heavy atom. The maximum atomic E-state index is 13.3. The maximum Gasteiger partial charge on any atom is 0.137 e. The molecule has 0 aliphatic heterocycles. The number of hydrogen-bond acceptors (Lipinski definition) is 0. The van der Waals surface area contributed by atoms with Crippen LogP contribution >= 0.6 is 27.5 Å². The van der Waals surface area contributed by atoms with Crippen molar-refractivity contribution < 1.29 is 4.39 Å². The topological polar surface area (TPSA) is 0 Å². The molecule has 0 fully saturated rings. The third-order valence-electron chi connectivity index (χ3n) is 2.42. The van der Waals surface area contributed by atoms with Crippen molar-refractivity contribution in [2.45, 2.75) is 13.3 Å². The predicted octanol–water partition coefficient (Wildman–Crippen LogP) is 4.56. The molecule has 82 valence electrons. The van der Waals surface area contributed by atoms with Gasteiger partial charge in [0, 0.05) is 11.3 Å². The van der Waals surface area contributed by atoms with Gasteiger partial charge in [-0.25, -0.2) is 4.39 Å². The summed E-state index contributed by atoms with van der Waals surface area (Å²) in [4.78, 5) is 0. The molecule has 1 atom stereocenters. The summed E-state index contributed by atoms with van der Waals surface area (Å²) in [5.74, 6) is 0.230. The summed E-state index contributed by atoms with van der Waals surface area (Å²) < 4.78 is 13.8. The highest BCUT2D eigenvalue weighted by Crippen LogP contribution is 2.30. The van der Waals surface area contributed by atoms with E-state index in [1.807, 2.05) is 19.1 Å². The molecule has 1 rings (SSSR count). The van der Waals surface area contributed by atoms with E-state index >= 15 is 0 Å². The average Bonchev–Trinajstić information content (AvgIpc) is 2.25. The summed E-state index contributed by atoms with van der Waals surface area (Å²) in [5, 5.41) is 0. The van der Waals surface area contributed by atoms with Gasteiger partial charge in [0.15, 0.2) is 0 Å². The van der Waals surface area contributed by atoms with Crippen LogP contribution in [0.5, 0.6) is 0 Å². The molecular weight excluding hydrogens is 278 g/mol. The first-order chi connectivity index (χ1) is 7.02. The van der Waals surface area contributed by atoms with Crippen molar-refractivity contribution in [2.75, 3.05) is 5.88 Å². The zero-order valence-electron chi connectivity index (χ0n) is 8.56. The van der Waals surface area contributed by atoms with Crippen molar-refractivity contribution in [2.24, 2.45) is 5.41 Å². The third-order valence-corrected chi connectivity index (χ3v) is 3.92. The Labute approximate surface area is 103 Å². The van der Waals surface area contributed by atoms with Crippen LogP contribution in [-0.4, -0.2) is 5.88 Å². The molecule has 0 aliphatic carbocycles. The van der Waals surface area contributed by atoms with Gasteiger partial charge < -0.3 is 0 Å². The van der Waals surface area contributed by atoms with E-state index in [4.69, 9.17) is 11.6 Å². The summed E-state index contributed by atoms with van der Waals surface area (Å²) in [7, 11) is 0. The maximum absolute atomic E-state index is 13.3. The average molecular weight is 292 g/mol. The fraction of sp³-hybridized carbons (Fsp3) is 0.333. The number of hydrogen-bond donors (Lipinski definition) is 0. The van der Waals surface area contributed by atoms with E-state index in [0.29, 0.717) is 16.8 Å². The van der Waals surface area contributed by atoms with Gasteiger partial charge in [-0.3, -0.25) is 0 Å². The lowest BCUT2D eigenvalue weighted by molar-refractivity contribution is 0.483. The molecule has 0 spiro atoms. The lowest BCUT2D eigenvalue weighted by atomic mass is 9.86. The van der Waals surface area contributed by atoms with Crippen LogP contribution in [0, 0.1) is 11.2 Å². The van der Waals surface area contributed by atoms with Crippen molar-refractivity contribution in [3.8, 4) is 0 Å². The first-order valence-corrected chi connectivity index (χ1v) is 5.97. The number of alkyl halides is 1. The quantitative estimate of drug-likeness (QED) is 0.563. The fourth-order valence-electron chi connectivity index (χ4n) is 1.29. The molecule has 0 aliphatic rings. The van der Waals surface area contributed by atoms with E-state index in [9.17, 15) is 4.39 Å². The molecule has 0 bridgehead atoms. The minimum Gasteiger partial charge on any atom is -0.206 e. The zero-order chi connectivity index (χ0) is 11.5. The molecule has 0 aromatic heterocycles. The number of halogens is 3. The Balaban J connectivity index is 2.98. The number of rotatable bonds is 4. The second kappa shape index (κ2) is 5.13. The fourth-order valence-corrected chi connectivity index (χ4v) is 1.90. The van der Waals surface area contributed by atoms with Gasteiger partial charge in [0.1, 0.15) is 5.82 Å². The van der Waals surface area contributed by atoms with Crippen LogP contribution in [0.2, 0.25) is 0 Å². The monoisotopic (exact) mass is 290 g/mol. The minimum atomic E-state index is -0.242. The van der Waals surface area contributed by atoms with Gasteiger partial charge in [-0.1, -0.05) is 25.1 Å². The first kappa shape index (κ1) is 12.7. The van der Waals surface area contributed by atoms with E-state index < -0.39 is 0 Å². The van der Waals surface area contributed by atoms with E-state index in [-0.39, 0.29) is 11.2 Å². The molecule has 0 amide bonds. The Kier molecular flexibility index (Phi) is 4.35. The SMILES string of the molecule is C=CC(C)(CCl)Cc1cccc(F)c1Br. The highest BCUT2D eigenvalue weighted by Gasteiger charge is 2.21. The Bertz CT molecular complexity index is 365. The van der Waals surface area contributed by atoms with E-state index in [0.717, 1.165) is 5.56 Å². The second-order valence-electron chi connectivity index (χ2n) is 3.88. The Hall–Kier alpha value is -0.340. The third kappa shape index (κ3) is 3.05. The van der Waals surface area contributed by atoms with Gasteiger partial charge in [0.05, 0.1) is 4.47 Å². The zero-order valence-corrected chi connectivity index (χ0v) is 10.9. The lowest BCUT2D eigenvalue weighted by Gasteiger charge is -2.23. The number of benzene rings is 1. The second-order valence-corrected chi connectivity index (χ2v) is 4.94. The van der Waals surface area contributed by atoms with Crippen LogP contribution < -0.4 is 0 Å². The summed E-state index contributed by atoms with van der Waals surface area (Å²) in [6.45, 7) is 5.76. The summed E-state index contributed by atoms with van der Waals surface area (Å²) in [5.41, 5.74) is 0.718. The molecule has 1 aromatic rings. The largest absolute Gasteiger partial charge is 0.206 e. The molecule has 1 aromatic carbocycles.